The fraction of sp³-hybridized carbons (Fsp3) is 0.500. The minimum atomic E-state index is -0.0970. The topological polar surface area (TPSA) is 66.8 Å². The van der Waals surface area contributed by atoms with Gasteiger partial charge >= 0.3 is 0 Å². The molecule has 132 valence electrons. The summed E-state index contributed by atoms with van der Waals surface area (Å²) in [5.74, 6) is 0.740. The van der Waals surface area contributed by atoms with Gasteiger partial charge in [0.1, 0.15) is 11.2 Å². The van der Waals surface area contributed by atoms with Gasteiger partial charge in [-0.05, 0) is 43.7 Å². The highest BCUT2D eigenvalue weighted by atomic mass is 32.1. The monoisotopic (exact) mass is 357 g/mol. The van der Waals surface area contributed by atoms with Gasteiger partial charge in [0.25, 0.3) is 5.56 Å². The minimum Gasteiger partial charge on any atom is -0.309 e. The number of H-pyrrole nitrogens is 1. The van der Waals surface area contributed by atoms with Gasteiger partial charge in [0.15, 0.2) is 5.65 Å². The van der Waals surface area contributed by atoms with E-state index < -0.39 is 0 Å². The van der Waals surface area contributed by atoms with Crippen LogP contribution in [0.25, 0.3) is 11.0 Å². The first-order valence-corrected chi connectivity index (χ1v) is 9.76. The number of nitrogens with one attached hydrogen (secondary N) is 1. The molecule has 1 saturated heterocycles. The zero-order chi connectivity index (χ0) is 17.2. The van der Waals surface area contributed by atoms with Gasteiger partial charge in [-0.3, -0.25) is 14.4 Å². The van der Waals surface area contributed by atoms with Crippen LogP contribution in [0.5, 0.6) is 0 Å². The highest BCUT2D eigenvalue weighted by Gasteiger charge is 2.23. The number of hydrogen-bond donors (Lipinski definition) is 1. The van der Waals surface area contributed by atoms with Crippen LogP contribution in [-0.2, 0) is 20.0 Å². The van der Waals surface area contributed by atoms with Gasteiger partial charge in [-0.25, -0.2) is 4.98 Å². The van der Waals surface area contributed by atoms with E-state index in [-0.39, 0.29) is 5.56 Å². The minimum absolute atomic E-state index is 0.0970. The molecule has 0 bridgehead atoms. The zero-order valence-corrected chi connectivity index (χ0v) is 15.3. The van der Waals surface area contributed by atoms with Crippen molar-refractivity contribution in [3.8, 4) is 0 Å². The van der Waals surface area contributed by atoms with E-state index in [0.29, 0.717) is 23.6 Å². The lowest BCUT2D eigenvalue weighted by Gasteiger charge is -2.35. The maximum absolute atomic E-state index is 12.3. The van der Waals surface area contributed by atoms with E-state index in [9.17, 15) is 4.79 Å². The van der Waals surface area contributed by atoms with E-state index in [0.717, 1.165) is 18.8 Å². The van der Waals surface area contributed by atoms with Crippen molar-refractivity contribution in [3.05, 3.63) is 44.8 Å². The Kier molecular flexibility index (Phi) is 4.67. The Labute approximate surface area is 150 Å². The Bertz CT molecular complexity index is 898. The molecule has 1 fully saturated rings. The normalized spacial score (nSPS) is 18.8. The molecule has 4 rings (SSSR count). The van der Waals surface area contributed by atoms with Crippen molar-refractivity contribution in [2.24, 2.45) is 7.05 Å². The molecule has 25 heavy (non-hydrogen) atoms. The van der Waals surface area contributed by atoms with Crippen LogP contribution in [0.1, 0.15) is 36.4 Å². The first-order chi connectivity index (χ1) is 12.2. The number of likely N-dealkylation sites (tertiary alicyclic amines) is 1. The molecule has 0 aromatic carbocycles. The number of aromatic amines is 1. The molecule has 3 aromatic rings. The van der Waals surface area contributed by atoms with Crippen molar-refractivity contribution in [1.82, 2.24) is 24.6 Å². The molecule has 3 aromatic heterocycles. The molecular weight excluding hydrogens is 334 g/mol. The first-order valence-electron chi connectivity index (χ1n) is 8.88. The Balaban J connectivity index is 1.51. The summed E-state index contributed by atoms with van der Waals surface area (Å²) in [6.07, 6.45) is 7.60. The van der Waals surface area contributed by atoms with Crippen molar-refractivity contribution in [2.45, 2.75) is 44.7 Å². The van der Waals surface area contributed by atoms with Crippen LogP contribution >= 0.6 is 11.3 Å². The molecule has 0 aliphatic carbocycles. The van der Waals surface area contributed by atoms with Crippen molar-refractivity contribution in [2.75, 3.05) is 6.54 Å². The van der Waals surface area contributed by atoms with Gasteiger partial charge in [-0.15, -0.1) is 11.3 Å². The fourth-order valence-electron chi connectivity index (χ4n) is 3.70. The van der Waals surface area contributed by atoms with Gasteiger partial charge in [0, 0.05) is 18.0 Å². The van der Waals surface area contributed by atoms with E-state index in [1.807, 2.05) is 18.4 Å². The van der Waals surface area contributed by atoms with Crippen molar-refractivity contribution in [3.63, 3.8) is 0 Å². The predicted octanol–water partition coefficient (Wildman–Crippen LogP) is 2.71. The van der Waals surface area contributed by atoms with E-state index in [1.54, 1.807) is 10.9 Å². The molecule has 0 radical (unpaired) electrons. The number of aryl methyl sites for hydroxylation is 2. The van der Waals surface area contributed by atoms with E-state index in [2.05, 4.69) is 37.5 Å². The number of fused-ring (bicyclic) bond motifs is 1. The lowest BCUT2D eigenvalue weighted by atomic mass is 9.97. The molecule has 0 saturated carbocycles. The largest absolute Gasteiger partial charge is 0.309 e. The summed E-state index contributed by atoms with van der Waals surface area (Å²) in [5.41, 5.74) is 0.561. The maximum atomic E-state index is 12.3. The third kappa shape index (κ3) is 3.52. The molecule has 0 unspecified atom stereocenters. The number of nitrogens with zero attached hydrogens (tertiary/aromatic N) is 4. The number of aromatic nitrogens is 4. The Morgan fingerprint density at radius 3 is 3.16 bits per heavy atom. The average Bonchev–Trinajstić information content (AvgIpc) is 3.25. The van der Waals surface area contributed by atoms with Gasteiger partial charge in [0.2, 0.25) is 0 Å². The van der Waals surface area contributed by atoms with Crippen LogP contribution in [0, 0.1) is 0 Å². The van der Waals surface area contributed by atoms with Crippen molar-refractivity contribution >= 4 is 22.4 Å². The summed E-state index contributed by atoms with van der Waals surface area (Å²) < 4.78 is 1.67. The quantitative estimate of drug-likeness (QED) is 0.762. The molecule has 4 heterocycles. The van der Waals surface area contributed by atoms with Gasteiger partial charge in [0.05, 0.1) is 12.7 Å². The lowest BCUT2D eigenvalue weighted by Crippen LogP contribution is -2.40. The molecular formula is C18H23N5OS. The molecule has 1 atom stereocenters. The van der Waals surface area contributed by atoms with Gasteiger partial charge in [-0.1, -0.05) is 12.5 Å². The molecule has 1 aliphatic heterocycles. The smallest absolute Gasteiger partial charge is 0.262 e. The number of hydrogen-bond acceptors (Lipinski definition) is 5. The second-order valence-electron chi connectivity index (χ2n) is 6.76. The summed E-state index contributed by atoms with van der Waals surface area (Å²) in [7, 11) is 1.82. The van der Waals surface area contributed by atoms with Crippen LogP contribution in [0.3, 0.4) is 0 Å². The molecule has 1 N–H and O–H groups in total. The molecule has 0 amide bonds. The second kappa shape index (κ2) is 7.09. The van der Waals surface area contributed by atoms with Crippen LogP contribution < -0.4 is 5.56 Å². The zero-order valence-electron chi connectivity index (χ0n) is 14.4. The highest BCUT2D eigenvalue weighted by molar-refractivity contribution is 7.09. The van der Waals surface area contributed by atoms with Crippen molar-refractivity contribution in [1.29, 1.82) is 0 Å². The number of thiophene rings is 1. The Morgan fingerprint density at radius 2 is 2.32 bits per heavy atom. The first kappa shape index (κ1) is 16.5. The maximum Gasteiger partial charge on any atom is 0.262 e. The van der Waals surface area contributed by atoms with Crippen LogP contribution in [0.15, 0.2) is 28.5 Å². The van der Waals surface area contributed by atoms with Gasteiger partial charge < -0.3 is 4.98 Å². The van der Waals surface area contributed by atoms with E-state index >= 15 is 0 Å². The third-order valence-electron chi connectivity index (χ3n) is 5.06. The van der Waals surface area contributed by atoms with Gasteiger partial charge in [-0.2, -0.15) is 5.10 Å². The third-order valence-corrected chi connectivity index (χ3v) is 5.99. The molecule has 7 heteroatoms. The summed E-state index contributed by atoms with van der Waals surface area (Å²) in [5, 5.41) is 6.84. The summed E-state index contributed by atoms with van der Waals surface area (Å²) in [4.78, 5) is 23.8. The van der Waals surface area contributed by atoms with Crippen LogP contribution in [0.4, 0.5) is 0 Å². The molecule has 0 spiro atoms. The standard InChI is InChI=1S/C18H23N5OS/c1-22-17-15(11-19-22)18(24)21-16(20-17)12-23-9-3-2-5-13(23)7-8-14-6-4-10-25-14/h4,6,10-11,13H,2-3,5,7-9,12H2,1H3,(H,20,21,24)/t13-/m1/s1. The second-order valence-corrected chi connectivity index (χ2v) is 7.79. The summed E-state index contributed by atoms with van der Waals surface area (Å²) in [6.45, 7) is 1.77. The lowest BCUT2D eigenvalue weighted by molar-refractivity contribution is 0.129. The highest BCUT2D eigenvalue weighted by Crippen LogP contribution is 2.24. The SMILES string of the molecule is Cn1ncc2c(=O)[nH]c(CN3CCCC[C@@H]3CCc3cccs3)nc21. The van der Waals surface area contributed by atoms with E-state index in [1.165, 1.54) is 30.6 Å². The average molecular weight is 357 g/mol. The van der Waals surface area contributed by atoms with Crippen molar-refractivity contribution < 1.29 is 0 Å². The summed E-state index contributed by atoms with van der Waals surface area (Å²) >= 11 is 1.83. The van der Waals surface area contributed by atoms with E-state index in [4.69, 9.17) is 0 Å². The Morgan fingerprint density at radius 1 is 1.40 bits per heavy atom. The number of rotatable bonds is 5. The fourth-order valence-corrected chi connectivity index (χ4v) is 4.43. The molecule has 1 aliphatic rings. The Hall–Kier alpha value is -1.99. The number of piperidine rings is 1. The predicted molar refractivity (Wildman–Crippen MR) is 99.8 cm³/mol. The van der Waals surface area contributed by atoms with Crippen LogP contribution in [0.2, 0.25) is 0 Å². The van der Waals surface area contributed by atoms with Crippen LogP contribution in [-0.4, -0.2) is 37.2 Å². The summed E-state index contributed by atoms with van der Waals surface area (Å²) in [6, 6.07) is 4.90. The molecule has 6 nitrogen and oxygen atoms in total.